The smallest absolute Gasteiger partial charge is 0.144 e. The molecule has 0 saturated heterocycles. The van der Waals surface area contributed by atoms with Gasteiger partial charge in [-0.2, -0.15) is 0 Å². The van der Waals surface area contributed by atoms with E-state index in [0.717, 1.165) is 16.8 Å². The Hall–Kier alpha value is -1.01. The molecule has 0 radical (unpaired) electrons. The lowest BCUT2D eigenvalue weighted by atomic mass is 10.5. The number of rotatable bonds is 3. The fourth-order valence-corrected chi connectivity index (χ4v) is 1.84. The highest BCUT2D eigenvalue weighted by molar-refractivity contribution is 9.10. The standard InChI is InChI=1S/C8H7BrN4S/c9-7-3-10-4-13-8(7)12-2-6-1-11-5-14-6/h1,3-5H,2H2,(H,10,12,13). The zero-order valence-electron chi connectivity index (χ0n) is 7.14. The maximum absolute atomic E-state index is 4.09. The van der Waals surface area contributed by atoms with Gasteiger partial charge in [-0.1, -0.05) is 0 Å². The number of anilines is 1. The first-order valence-corrected chi connectivity index (χ1v) is 5.60. The molecule has 0 aliphatic heterocycles. The monoisotopic (exact) mass is 270 g/mol. The van der Waals surface area contributed by atoms with Gasteiger partial charge in [-0.05, 0) is 15.9 Å². The van der Waals surface area contributed by atoms with E-state index in [9.17, 15) is 0 Å². The summed E-state index contributed by atoms with van der Waals surface area (Å²) in [5.41, 5.74) is 1.81. The Bertz CT molecular complexity index is 403. The lowest BCUT2D eigenvalue weighted by molar-refractivity contribution is 1.08. The van der Waals surface area contributed by atoms with Crippen molar-refractivity contribution in [2.45, 2.75) is 6.54 Å². The van der Waals surface area contributed by atoms with Crippen LogP contribution < -0.4 is 5.32 Å². The molecular formula is C8H7BrN4S. The van der Waals surface area contributed by atoms with Crippen molar-refractivity contribution in [1.82, 2.24) is 15.0 Å². The van der Waals surface area contributed by atoms with Gasteiger partial charge in [0.2, 0.25) is 0 Å². The Morgan fingerprint density at radius 2 is 2.29 bits per heavy atom. The zero-order valence-corrected chi connectivity index (χ0v) is 9.55. The summed E-state index contributed by atoms with van der Waals surface area (Å²) in [6.07, 6.45) is 5.06. The summed E-state index contributed by atoms with van der Waals surface area (Å²) < 4.78 is 0.865. The molecule has 2 aromatic rings. The van der Waals surface area contributed by atoms with Crippen molar-refractivity contribution in [1.29, 1.82) is 0 Å². The first-order valence-electron chi connectivity index (χ1n) is 3.93. The predicted molar refractivity (Wildman–Crippen MR) is 59.2 cm³/mol. The van der Waals surface area contributed by atoms with Crippen LogP contribution in [0.5, 0.6) is 0 Å². The molecule has 6 heteroatoms. The van der Waals surface area contributed by atoms with E-state index in [4.69, 9.17) is 0 Å². The van der Waals surface area contributed by atoms with Crippen LogP contribution in [0.2, 0.25) is 0 Å². The third-order valence-corrected chi connectivity index (χ3v) is 2.94. The average Bonchev–Trinajstić information content (AvgIpc) is 2.69. The lowest BCUT2D eigenvalue weighted by Gasteiger charge is -2.03. The molecule has 2 rings (SSSR count). The number of nitrogens with one attached hydrogen (secondary N) is 1. The summed E-state index contributed by atoms with van der Waals surface area (Å²) >= 11 is 4.98. The molecule has 0 fully saturated rings. The summed E-state index contributed by atoms with van der Waals surface area (Å²) in [6.45, 7) is 0.736. The molecule has 1 N–H and O–H groups in total. The molecule has 2 aromatic heterocycles. The molecule has 0 aromatic carbocycles. The van der Waals surface area contributed by atoms with E-state index in [1.807, 2.05) is 11.7 Å². The van der Waals surface area contributed by atoms with Crippen LogP contribution >= 0.6 is 27.3 Å². The Kier molecular flexibility index (Phi) is 3.05. The van der Waals surface area contributed by atoms with Crippen molar-refractivity contribution in [3.63, 3.8) is 0 Å². The van der Waals surface area contributed by atoms with Gasteiger partial charge in [0.1, 0.15) is 12.1 Å². The van der Waals surface area contributed by atoms with Gasteiger partial charge in [0.25, 0.3) is 0 Å². The van der Waals surface area contributed by atoms with Crippen LogP contribution in [-0.4, -0.2) is 15.0 Å². The number of nitrogens with zero attached hydrogens (tertiary/aromatic N) is 3. The van der Waals surface area contributed by atoms with Crippen LogP contribution in [0.4, 0.5) is 5.82 Å². The van der Waals surface area contributed by atoms with Crippen molar-refractivity contribution in [3.8, 4) is 0 Å². The Morgan fingerprint density at radius 3 is 3.00 bits per heavy atom. The molecule has 0 spiro atoms. The van der Waals surface area contributed by atoms with Gasteiger partial charge in [-0.15, -0.1) is 11.3 Å². The Morgan fingerprint density at radius 1 is 1.36 bits per heavy atom. The summed E-state index contributed by atoms with van der Waals surface area (Å²) in [5.74, 6) is 0.799. The van der Waals surface area contributed by atoms with E-state index in [-0.39, 0.29) is 0 Å². The number of hydrogen-bond acceptors (Lipinski definition) is 5. The van der Waals surface area contributed by atoms with Crippen LogP contribution in [-0.2, 0) is 6.54 Å². The molecule has 72 valence electrons. The maximum atomic E-state index is 4.09. The van der Waals surface area contributed by atoms with Gasteiger partial charge < -0.3 is 5.32 Å². The lowest BCUT2D eigenvalue weighted by Crippen LogP contribution is -2.00. The normalized spacial score (nSPS) is 10.1. The molecule has 0 aliphatic carbocycles. The molecule has 4 nitrogen and oxygen atoms in total. The zero-order chi connectivity index (χ0) is 9.80. The van der Waals surface area contributed by atoms with E-state index in [2.05, 4.69) is 36.2 Å². The second kappa shape index (κ2) is 4.47. The number of thiazole rings is 1. The molecule has 0 saturated carbocycles. The van der Waals surface area contributed by atoms with Gasteiger partial charge in [0.15, 0.2) is 0 Å². The van der Waals surface area contributed by atoms with Crippen LogP contribution in [0.1, 0.15) is 4.88 Å². The molecule has 0 atom stereocenters. The summed E-state index contributed by atoms with van der Waals surface area (Å²) in [6, 6.07) is 0. The molecule has 0 aliphatic rings. The van der Waals surface area contributed by atoms with E-state index in [0.29, 0.717) is 0 Å². The second-order valence-electron chi connectivity index (χ2n) is 2.54. The molecule has 0 amide bonds. The SMILES string of the molecule is Brc1cncnc1NCc1cncs1. The molecular weight excluding hydrogens is 264 g/mol. The second-order valence-corrected chi connectivity index (χ2v) is 4.37. The average molecular weight is 271 g/mol. The van der Waals surface area contributed by atoms with E-state index in [1.165, 1.54) is 11.2 Å². The largest absolute Gasteiger partial charge is 0.364 e. The van der Waals surface area contributed by atoms with E-state index >= 15 is 0 Å². The fourth-order valence-electron chi connectivity index (χ4n) is 0.943. The fraction of sp³-hybridized carbons (Fsp3) is 0.125. The first kappa shape index (κ1) is 9.54. The maximum Gasteiger partial charge on any atom is 0.144 e. The first-order chi connectivity index (χ1) is 6.86. The van der Waals surface area contributed by atoms with Crippen LogP contribution in [0.15, 0.2) is 28.7 Å². The molecule has 14 heavy (non-hydrogen) atoms. The minimum Gasteiger partial charge on any atom is -0.364 e. The van der Waals surface area contributed by atoms with Gasteiger partial charge in [0, 0.05) is 17.3 Å². The highest BCUT2D eigenvalue weighted by Crippen LogP contribution is 2.18. The van der Waals surface area contributed by atoms with Crippen molar-refractivity contribution in [2.75, 3.05) is 5.32 Å². The van der Waals surface area contributed by atoms with Crippen molar-refractivity contribution < 1.29 is 0 Å². The van der Waals surface area contributed by atoms with Crippen molar-refractivity contribution in [2.24, 2.45) is 0 Å². The number of hydrogen-bond donors (Lipinski definition) is 1. The molecule has 0 unspecified atom stereocenters. The van der Waals surface area contributed by atoms with Crippen molar-refractivity contribution >= 4 is 33.1 Å². The van der Waals surface area contributed by atoms with Crippen LogP contribution in [0.25, 0.3) is 0 Å². The number of halogens is 1. The highest BCUT2D eigenvalue weighted by atomic mass is 79.9. The summed E-state index contributed by atoms with van der Waals surface area (Å²) in [7, 11) is 0. The third kappa shape index (κ3) is 2.27. The van der Waals surface area contributed by atoms with E-state index in [1.54, 1.807) is 17.5 Å². The molecule has 2 heterocycles. The minimum absolute atomic E-state index is 0.736. The van der Waals surface area contributed by atoms with Gasteiger partial charge in [-0.3, -0.25) is 4.98 Å². The van der Waals surface area contributed by atoms with Gasteiger partial charge >= 0.3 is 0 Å². The van der Waals surface area contributed by atoms with E-state index < -0.39 is 0 Å². The Balaban J connectivity index is 2.02. The van der Waals surface area contributed by atoms with Crippen LogP contribution in [0.3, 0.4) is 0 Å². The molecule has 0 bridgehead atoms. The Labute approximate surface area is 93.6 Å². The summed E-state index contributed by atoms with van der Waals surface area (Å²) in [5, 5.41) is 3.19. The minimum atomic E-state index is 0.736. The third-order valence-electron chi connectivity index (χ3n) is 1.58. The quantitative estimate of drug-likeness (QED) is 0.930. The van der Waals surface area contributed by atoms with Gasteiger partial charge in [-0.25, -0.2) is 9.97 Å². The predicted octanol–water partition coefficient (Wildman–Crippen LogP) is 2.31. The van der Waals surface area contributed by atoms with Crippen molar-refractivity contribution in [3.05, 3.63) is 33.6 Å². The summed E-state index contributed by atoms with van der Waals surface area (Å²) in [4.78, 5) is 13.1. The van der Waals surface area contributed by atoms with Gasteiger partial charge in [0.05, 0.1) is 16.5 Å². The number of aromatic nitrogens is 3. The highest BCUT2D eigenvalue weighted by Gasteiger charge is 2.00. The van der Waals surface area contributed by atoms with Crippen LogP contribution in [0, 0.1) is 0 Å². The topological polar surface area (TPSA) is 50.7 Å².